The van der Waals surface area contributed by atoms with Crippen LogP contribution in [0.25, 0.3) is 11.0 Å². The van der Waals surface area contributed by atoms with Gasteiger partial charge in [0.1, 0.15) is 0 Å². The molecule has 2 aromatic heterocycles. The zero-order valence-electron chi connectivity index (χ0n) is 5.93. The quantitative estimate of drug-likeness (QED) is 0.751. The summed E-state index contributed by atoms with van der Waals surface area (Å²) in [5.41, 5.74) is 0.845. The van der Waals surface area contributed by atoms with E-state index in [4.69, 9.17) is 0 Å². The Hall–Kier alpha value is -0.510. The molecule has 0 aliphatic rings. The van der Waals surface area contributed by atoms with Crippen molar-refractivity contribution in [1.82, 2.24) is 15.2 Å². The average Bonchev–Trinajstić information content (AvgIpc) is 2.33. The molecule has 1 N–H and O–H groups in total. The van der Waals surface area contributed by atoms with Crippen molar-refractivity contribution in [2.45, 2.75) is 0 Å². The maximum absolute atomic E-state index is 4.02. The molecular formula is C6H8Cl3N3. The second-order valence-electron chi connectivity index (χ2n) is 1.81. The zero-order valence-corrected chi connectivity index (χ0v) is 8.38. The summed E-state index contributed by atoms with van der Waals surface area (Å²) in [6.07, 6.45) is 3.49. The zero-order chi connectivity index (χ0) is 6.10. The molecule has 0 saturated carbocycles. The molecule has 0 bridgehead atoms. The number of pyridine rings is 1. The summed E-state index contributed by atoms with van der Waals surface area (Å²) in [7, 11) is 0. The smallest absolute Gasteiger partial charge is 0.155 e. The molecule has 2 heterocycles. The summed E-state index contributed by atoms with van der Waals surface area (Å²) in [5, 5.41) is 7.63. The van der Waals surface area contributed by atoms with Crippen LogP contribution >= 0.6 is 37.2 Å². The molecule has 3 nitrogen and oxygen atoms in total. The molecule has 0 radical (unpaired) electrons. The number of aromatic amines is 1. The van der Waals surface area contributed by atoms with Crippen LogP contribution in [0, 0.1) is 0 Å². The summed E-state index contributed by atoms with van der Waals surface area (Å²) < 4.78 is 0. The lowest BCUT2D eigenvalue weighted by molar-refractivity contribution is 1.10. The average molecular weight is 229 g/mol. The fraction of sp³-hybridized carbons (Fsp3) is 0. The first-order chi connectivity index (χ1) is 4.47. The van der Waals surface area contributed by atoms with Crippen LogP contribution in [0.15, 0.2) is 24.5 Å². The lowest BCUT2D eigenvalue weighted by Gasteiger charge is -1.80. The summed E-state index contributed by atoms with van der Waals surface area (Å²) in [5.74, 6) is 0. The van der Waals surface area contributed by atoms with E-state index in [9.17, 15) is 0 Å². The van der Waals surface area contributed by atoms with Crippen molar-refractivity contribution in [2.24, 2.45) is 0 Å². The van der Waals surface area contributed by atoms with Crippen molar-refractivity contribution in [3.63, 3.8) is 0 Å². The van der Waals surface area contributed by atoms with Gasteiger partial charge in [0.2, 0.25) is 0 Å². The number of H-pyrrole nitrogens is 1. The van der Waals surface area contributed by atoms with Crippen LogP contribution in [-0.4, -0.2) is 15.2 Å². The van der Waals surface area contributed by atoms with E-state index in [2.05, 4.69) is 15.2 Å². The molecule has 0 saturated heterocycles. The maximum Gasteiger partial charge on any atom is 0.155 e. The van der Waals surface area contributed by atoms with Crippen molar-refractivity contribution in [2.75, 3.05) is 0 Å². The highest BCUT2D eigenvalue weighted by atomic mass is 35.5. The van der Waals surface area contributed by atoms with Gasteiger partial charge in [0.05, 0.1) is 6.20 Å². The number of hydrogen-bond acceptors (Lipinski definition) is 2. The van der Waals surface area contributed by atoms with Crippen LogP contribution in [-0.2, 0) is 0 Å². The van der Waals surface area contributed by atoms with Crippen molar-refractivity contribution >= 4 is 48.3 Å². The van der Waals surface area contributed by atoms with Crippen LogP contribution < -0.4 is 0 Å². The molecule has 0 atom stereocenters. The van der Waals surface area contributed by atoms with Crippen molar-refractivity contribution in [3.8, 4) is 0 Å². The Bertz CT molecular complexity index is 292. The summed E-state index contributed by atoms with van der Waals surface area (Å²) in [4.78, 5) is 4.02. The van der Waals surface area contributed by atoms with Gasteiger partial charge >= 0.3 is 0 Å². The Morgan fingerprint density at radius 1 is 1.17 bits per heavy atom. The molecule has 0 unspecified atom stereocenters. The van der Waals surface area contributed by atoms with E-state index in [0.29, 0.717) is 0 Å². The van der Waals surface area contributed by atoms with E-state index < -0.39 is 0 Å². The van der Waals surface area contributed by atoms with Gasteiger partial charge in [0.15, 0.2) is 5.65 Å². The Labute approximate surface area is 88.2 Å². The number of nitrogens with zero attached hydrogens (tertiary/aromatic N) is 2. The maximum atomic E-state index is 4.02. The van der Waals surface area contributed by atoms with Crippen LogP contribution in [0.5, 0.6) is 0 Å². The minimum Gasteiger partial charge on any atom is -0.261 e. The Balaban J connectivity index is 0. The second-order valence-corrected chi connectivity index (χ2v) is 1.81. The van der Waals surface area contributed by atoms with Crippen molar-refractivity contribution < 1.29 is 0 Å². The summed E-state index contributed by atoms with van der Waals surface area (Å²) in [6, 6.07) is 3.85. The summed E-state index contributed by atoms with van der Waals surface area (Å²) in [6.45, 7) is 0. The van der Waals surface area contributed by atoms with E-state index in [1.807, 2.05) is 12.1 Å². The molecule has 0 aliphatic carbocycles. The van der Waals surface area contributed by atoms with E-state index >= 15 is 0 Å². The number of aromatic nitrogens is 3. The standard InChI is InChI=1S/C6H5N3.3ClH/c1-2-5-4-8-9-6(5)7-3-1;;;/h1-4H,(H,7,8,9);3*1H. The highest BCUT2D eigenvalue weighted by Gasteiger charge is 1.89. The normalized spacial score (nSPS) is 7.67. The van der Waals surface area contributed by atoms with Gasteiger partial charge in [-0.1, -0.05) is 0 Å². The lowest BCUT2D eigenvalue weighted by Crippen LogP contribution is -1.71. The highest BCUT2D eigenvalue weighted by molar-refractivity contribution is 5.86. The largest absolute Gasteiger partial charge is 0.261 e. The van der Waals surface area contributed by atoms with Gasteiger partial charge in [-0.15, -0.1) is 37.2 Å². The van der Waals surface area contributed by atoms with Crippen molar-refractivity contribution in [1.29, 1.82) is 0 Å². The lowest BCUT2D eigenvalue weighted by atomic mass is 10.4. The monoisotopic (exact) mass is 227 g/mol. The number of hydrogen-bond donors (Lipinski definition) is 1. The van der Waals surface area contributed by atoms with Gasteiger partial charge in [-0.3, -0.25) is 5.10 Å². The van der Waals surface area contributed by atoms with Gasteiger partial charge in [-0.25, -0.2) is 4.98 Å². The fourth-order valence-electron chi connectivity index (χ4n) is 0.778. The third kappa shape index (κ3) is 2.52. The number of fused-ring (bicyclic) bond motifs is 1. The van der Waals surface area contributed by atoms with E-state index in [1.165, 1.54) is 0 Å². The van der Waals surface area contributed by atoms with Crippen molar-refractivity contribution in [3.05, 3.63) is 24.5 Å². The first-order valence-corrected chi connectivity index (χ1v) is 2.71. The van der Waals surface area contributed by atoms with Crippen LogP contribution in [0.1, 0.15) is 0 Å². The number of rotatable bonds is 0. The Kier molecular flexibility index (Phi) is 7.09. The number of nitrogens with one attached hydrogen (secondary N) is 1. The van der Waals surface area contributed by atoms with E-state index in [0.717, 1.165) is 11.0 Å². The van der Waals surface area contributed by atoms with Gasteiger partial charge in [0.25, 0.3) is 0 Å². The van der Waals surface area contributed by atoms with Gasteiger partial charge in [-0.05, 0) is 12.1 Å². The first kappa shape index (κ1) is 14.0. The molecule has 0 aliphatic heterocycles. The predicted molar refractivity (Wildman–Crippen MR) is 55.6 cm³/mol. The molecular weight excluding hydrogens is 220 g/mol. The van der Waals surface area contributed by atoms with Gasteiger partial charge in [-0.2, -0.15) is 5.10 Å². The number of halogens is 3. The molecule has 0 fully saturated rings. The first-order valence-electron chi connectivity index (χ1n) is 2.71. The highest BCUT2D eigenvalue weighted by Crippen LogP contribution is 2.03. The Morgan fingerprint density at radius 2 is 1.92 bits per heavy atom. The third-order valence-corrected chi connectivity index (χ3v) is 1.21. The topological polar surface area (TPSA) is 41.6 Å². The molecule has 0 aromatic carbocycles. The van der Waals surface area contributed by atoms with E-state index in [-0.39, 0.29) is 37.2 Å². The molecule has 0 amide bonds. The SMILES string of the molecule is Cl.Cl.Cl.c1cnc2[nH]ncc2c1. The van der Waals surface area contributed by atoms with Crippen LogP contribution in [0.2, 0.25) is 0 Å². The molecule has 12 heavy (non-hydrogen) atoms. The second kappa shape index (κ2) is 6.06. The van der Waals surface area contributed by atoms with Gasteiger partial charge < -0.3 is 0 Å². The predicted octanol–water partition coefficient (Wildman–Crippen LogP) is 2.22. The summed E-state index contributed by atoms with van der Waals surface area (Å²) >= 11 is 0. The van der Waals surface area contributed by atoms with E-state index in [1.54, 1.807) is 12.4 Å². The van der Waals surface area contributed by atoms with Gasteiger partial charge in [0, 0.05) is 11.6 Å². The van der Waals surface area contributed by atoms with Crippen LogP contribution in [0.3, 0.4) is 0 Å². The molecule has 2 aromatic rings. The van der Waals surface area contributed by atoms with Crippen LogP contribution in [0.4, 0.5) is 0 Å². The minimum absolute atomic E-state index is 0. The molecule has 6 heteroatoms. The molecule has 2 rings (SSSR count). The third-order valence-electron chi connectivity index (χ3n) is 1.21. The minimum atomic E-state index is 0. The Morgan fingerprint density at radius 3 is 2.58 bits per heavy atom. The molecule has 68 valence electrons. The fourth-order valence-corrected chi connectivity index (χ4v) is 0.778. The molecule has 0 spiro atoms.